The average molecular weight is 372 g/mol. The van der Waals surface area contributed by atoms with Crippen LogP contribution in [0.4, 0.5) is 0 Å². The maximum Gasteiger partial charge on any atom is 0.113 e. The van der Waals surface area contributed by atoms with E-state index in [-0.39, 0.29) is 6.04 Å². The van der Waals surface area contributed by atoms with Gasteiger partial charge in [0.05, 0.1) is 13.6 Å². The molecular formula is C23H25N3Si. The topological polar surface area (TPSA) is 30.7 Å². The molecule has 0 atom stereocenters. The second-order valence-electron chi connectivity index (χ2n) is 8.19. The molecule has 0 aliphatic heterocycles. The Kier molecular flexibility index (Phi) is 4.44. The maximum absolute atomic E-state index is 4.65. The SMILES string of the molecule is Cc1cc([Si](C)(C)C)c2c(c1)nnn2C(c1ccccc1)c1ccccc1. The van der Waals surface area contributed by atoms with E-state index < -0.39 is 8.07 Å². The summed E-state index contributed by atoms with van der Waals surface area (Å²) in [5, 5.41) is 10.6. The van der Waals surface area contributed by atoms with Gasteiger partial charge in [-0.05, 0) is 34.9 Å². The summed E-state index contributed by atoms with van der Waals surface area (Å²) in [6.45, 7) is 9.31. The third-order valence-corrected chi connectivity index (χ3v) is 6.99. The zero-order valence-corrected chi connectivity index (χ0v) is 17.3. The van der Waals surface area contributed by atoms with Gasteiger partial charge in [-0.3, -0.25) is 0 Å². The Balaban J connectivity index is 2.03. The number of nitrogens with zero attached hydrogens (tertiary/aromatic N) is 3. The molecule has 0 saturated heterocycles. The number of hydrogen-bond donors (Lipinski definition) is 0. The predicted molar refractivity (Wildman–Crippen MR) is 115 cm³/mol. The van der Waals surface area contributed by atoms with Crippen molar-refractivity contribution in [2.45, 2.75) is 32.6 Å². The molecule has 0 radical (unpaired) electrons. The van der Waals surface area contributed by atoms with E-state index in [2.05, 4.69) is 114 Å². The van der Waals surface area contributed by atoms with Crippen molar-refractivity contribution in [3.8, 4) is 0 Å². The molecule has 0 saturated carbocycles. The predicted octanol–water partition coefficient (Wildman–Crippen LogP) is 4.92. The molecule has 1 heterocycles. The van der Waals surface area contributed by atoms with Crippen molar-refractivity contribution in [1.29, 1.82) is 0 Å². The summed E-state index contributed by atoms with van der Waals surface area (Å²) in [6.07, 6.45) is 0. The fourth-order valence-corrected chi connectivity index (χ4v) is 5.33. The molecule has 4 aromatic rings. The molecule has 0 fully saturated rings. The fraction of sp³-hybridized carbons (Fsp3) is 0.217. The molecule has 0 aliphatic carbocycles. The van der Waals surface area contributed by atoms with Gasteiger partial charge in [0, 0.05) is 0 Å². The highest BCUT2D eigenvalue weighted by Gasteiger charge is 2.27. The standard InChI is InChI=1S/C23H25N3Si/c1-17-15-20-23(21(16-17)27(2,3)4)26(25-24-20)22(18-11-7-5-8-12-18)19-13-9-6-10-14-19/h5-16,22H,1-4H3. The zero-order chi connectivity index (χ0) is 19.0. The minimum atomic E-state index is -1.57. The van der Waals surface area contributed by atoms with Gasteiger partial charge in [-0.2, -0.15) is 0 Å². The first-order valence-corrected chi connectivity index (χ1v) is 12.9. The lowest BCUT2D eigenvalue weighted by molar-refractivity contribution is 0.589. The van der Waals surface area contributed by atoms with Crippen molar-refractivity contribution in [3.05, 3.63) is 89.5 Å². The van der Waals surface area contributed by atoms with Crippen LogP contribution in [0.1, 0.15) is 22.7 Å². The van der Waals surface area contributed by atoms with Crippen molar-refractivity contribution >= 4 is 24.3 Å². The molecule has 4 heteroatoms. The van der Waals surface area contributed by atoms with E-state index in [0.717, 1.165) is 5.52 Å². The molecule has 0 N–H and O–H groups in total. The number of hydrogen-bond acceptors (Lipinski definition) is 2. The first kappa shape index (κ1) is 17.7. The van der Waals surface area contributed by atoms with E-state index in [9.17, 15) is 0 Å². The van der Waals surface area contributed by atoms with Crippen LogP contribution in [0.25, 0.3) is 11.0 Å². The van der Waals surface area contributed by atoms with Crippen LogP contribution in [-0.4, -0.2) is 23.1 Å². The molecule has 0 amide bonds. The Morgan fingerprint density at radius 1 is 0.815 bits per heavy atom. The molecule has 0 unspecified atom stereocenters. The molecule has 27 heavy (non-hydrogen) atoms. The third kappa shape index (κ3) is 3.33. The van der Waals surface area contributed by atoms with Crippen LogP contribution >= 0.6 is 0 Å². The maximum atomic E-state index is 4.65. The molecule has 4 rings (SSSR count). The summed E-state index contributed by atoms with van der Waals surface area (Å²) in [4.78, 5) is 0. The summed E-state index contributed by atoms with van der Waals surface area (Å²) in [7, 11) is -1.57. The van der Waals surface area contributed by atoms with Gasteiger partial charge in [-0.1, -0.05) is 91.6 Å². The van der Waals surface area contributed by atoms with Crippen molar-refractivity contribution in [1.82, 2.24) is 15.0 Å². The van der Waals surface area contributed by atoms with E-state index in [1.165, 1.54) is 27.4 Å². The van der Waals surface area contributed by atoms with Gasteiger partial charge in [0.15, 0.2) is 0 Å². The Hall–Kier alpha value is -2.72. The Morgan fingerprint density at radius 3 is 1.89 bits per heavy atom. The summed E-state index contributed by atoms with van der Waals surface area (Å²) in [5.74, 6) is 0. The van der Waals surface area contributed by atoms with Crippen LogP contribution in [0.15, 0.2) is 72.8 Å². The van der Waals surface area contributed by atoms with Gasteiger partial charge in [0.1, 0.15) is 11.6 Å². The zero-order valence-electron chi connectivity index (χ0n) is 16.3. The number of benzene rings is 3. The molecule has 3 nitrogen and oxygen atoms in total. The van der Waals surface area contributed by atoms with Crippen LogP contribution in [0.2, 0.25) is 19.6 Å². The largest absolute Gasteiger partial charge is 0.233 e. The average Bonchev–Trinajstić information content (AvgIpc) is 3.05. The van der Waals surface area contributed by atoms with Crippen LogP contribution < -0.4 is 5.19 Å². The molecule has 0 bridgehead atoms. The minimum Gasteiger partial charge on any atom is -0.233 e. The van der Waals surface area contributed by atoms with Crippen molar-refractivity contribution in [2.24, 2.45) is 0 Å². The Morgan fingerprint density at radius 2 is 1.37 bits per heavy atom. The summed E-state index contributed by atoms with van der Waals surface area (Å²) < 4.78 is 2.13. The summed E-state index contributed by atoms with van der Waals surface area (Å²) >= 11 is 0. The summed E-state index contributed by atoms with van der Waals surface area (Å²) in [6, 6.07) is 25.7. The van der Waals surface area contributed by atoms with Crippen molar-refractivity contribution in [3.63, 3.8) is 0 Å². The number of aromatic nitrogens is 3. The van der Waals surface area contributed by atoms with Gasteiger partial charge in [0.2, 0.25) is 0 Å². The Bertz CT molecular complexity index is 1020. The monoisotopic (exact) mass is 371 g/mol. The second kappa shape index (κ2) is 6.78. The van der Waals surface area contributed by atoms with Gasteiger partial charge in [0.25, 0.3) is 0 Å². The van der Waals surface area contributed by atoms with Crippen LogP contribution in [0.3, 0.4) is 0 Å². The highest BCUT2D eigenvalue weighted by molar-refractivity contribution is 6.90. The second-order valence-corrected chi connectivity index (χ2v) is 13.2. The highest BCUT2D eigenvalue weighted by Crippen LogP contribution is 2.29. The first-order valence-electron chi connectivity index (χ1n) is 9.41. The van der Waals surface area contributed by atoms with E-state index in [0.29, 0.717) is 0 Å². The van der Waals surface area contributed by atoms with Crippen LogP contribution in [0, 0.1) is 6.92 Å². The molecule has 1 aromatic heterocycles. The smallest absolute Gasteiger partial charge is 0.113 e. The van der Waals surface area contributed by atoms with Crippen LogP contribution in [-0.2, 0) is 0 Å². The lowest BCUT2D eigenvalue weighted by Crippen LogP contribution is -2.39. The van der Waals surface area contributed by atoms with Crippen molar-refractivity contribution in [2.75, 3.05) is 0 Å². The summed E-state index contributed by atoms with van der Waals surface area (Å²) in [5.41, 5.74) is 5.86. The molecule has 0 aliphatic rings. The van der Waals surface area contributed by atoms with Gasteiger partial charge in [-0.15, -0.1) is 5.10 Å². The quantitative estimate of drug-likeness (QED) is 0.477. The first-order chi connectivity index (χ1) is 12.9. The third-order valence-electron chi connectivity index (χ3n) is 5.00. The van der Waals surface area contributed by atoms with E-state index in [1.807, 2.05) is 0 Å². The molecule has 136 valence electrons. The minimum absolute atomic E-state index is 0.00945. The van der Waals surface area contributed by atoms with Gasteiger partial charge < -0.3 is 0 Å². The van der Waals surface area contributed by atoms with Crippen molar-refractivity contribution < 1.29 is 0 Å². The number of rotatable bonds is 4. The Labute approximate surface area is 161 Å². The molecule has 3 aromatic carbocycles. The van der Waals surface area contributed by atoms with Gasteiger partial charge in [-0.25, -0.2) is 4.68 Å². The highest BCUT2D eigenvalue weighted by atomic mass is 28.3. The van der Waals surface area contributed by atoms with Crippen LogP contribution in [0.5, 0.6) is 0 Å². The van der Waals surface area contributed by atoms with Gasteiger partial charge >= 0.3 is 0 Å². The fourth-order valence-electron chi connectivity index (χ4n) is 3.72. The lowest BCUT2D eigenvalue weighted by Gasteiger charge is -2.23. The normalized spacial score (nSPS) is 12.0. The van der Waals surface area contributed by atoms with E-state index in [4.69, 9.17) is 0 Å². The lowest BCUT2D eigenvalue weighted by atomic mass is 9.98. The number of fused-ring (bicyclic) bond motifs is 1. The van der Waals surface area contributed by atoms with E-state index >= 15 is 0 Å². The molecule has 0 spiro atoms. The molecular weight excluding hydrogens is 346 g/mol. The number of aryl methyl sites for hydroxylation is 1. The van der Waals surface area contributed by atoms with E-state index in [1.54, 1.807) is 0 Å².